The highest BCUT2D eigenvalue weighted by Crippen LogP contribution is 2.34. The van der Waals surface area contributed by atoms with E-state index in [-0.39, 0.29) is 78.0 Å². The van der Waals surface area contributed by atoms with Gasteiger partial charge in [-0.05, 0) is 73.6 Å². The zero-order valence-corrected chi connectivity index (χ0v) is 34.7. The predicted octanol–water partition coefficient (Wildman–Crippen LogP) is 1.96. The number of nitrogens with zero attached hydrogens (tertiary/aromatic N) is 2. The van der Waals surface area contributed by atoms with Gasteiger partial charge in [-0.15, -0.1) is 0 Å². The molecule has 3 aliphatic rings. The Balaban J connectivity index is 0.832. The minimum absolute atomic E-state index is 0.00946. The van der Waals surface area contributed by atoms with Crippen LogP contribution in [0.4, 0.5) is 0 Å². The summed E-state index contributed by atoms with van der Waals surface area (Å²) in [5, 5.41) is 21.1. The lowest BCUT2D eigenvalue weighted by molar-refractivity contribution is -0.136. The summed E-state index contributed by atoms with van der Waals surface area (Å²) >= 11 is 0. The molecule has 3 aromatic carbocycles. The van der Waals surface area contributed by atoms with E-state index in [9.17, 15) is 48.3 Å². The number of allylic oxidation sites excluding steroid dienone is 1. The van der Waals surface area contributed by atoms with Gasteiger partial charge in [-0.2, -0.15) is 0 Å². The number of piperidine rings is 1. The van der Waals surface area contributed by atoms with Gasteiger partial charge in [0.25, 0.3) is 29.5 Å². The number of benzene rings is 3. The molecule has 0 radical (unpaired) electrons. The van der Waals surface area contributed by atoms with Crippen molar-refractivity contribution in [2.24, 2.45) is 5.73 Å². The summed E-state index contributed by atoms with van der Waals surface area (Å²) in [6.07, 6.45) is 5.47. The number of carbonyl (C=O) groups excluding carboxylic acids is 9. The molecular weight excluding hydrogens is 815 g/mol. The summed E-state index contributed by atoms with van der Waals surface area (Å²) in [7, 11) is 1.51. The lowest BCUT2D eigenvalue weighted by Gasteiger charge is -2.27. The summed E-state index contributed by atoms with van der Waals surface area (Å²) in [6, 6.07) is 14.6. The first-order valence-corrected chi connectivity index (χ1v) is 20.7. The molecule has 2 unspecified atom stereocenters. The van der Waals surface area contributed by atoms with Gasteiger partial charge in [0.1, 0.15) is 23.2 Å². The van der Waals surface area contributed by atoms with Crippen molar-refractivity contribution in [3.63, 3.8) is 0 Å². The van der Waals surface area contributed by atoms with E-state index in [0.717, 1.165) is 53.9 Å². The van der Waals surface area contributed by atoms with Crippen molar-refractivity contribution in [1.29, 1.82) is 0 Å². The Hall–Kier alpha value is -7.37. The third-order valence-electron chi connectivity index (χ3n) is 11.1. The third kappa shape index (κ3) is 10.9. The number of fused-ring (bicyclic) bond motifs is 2. The predicted molar refractivity (Wildman–Crippen MR) is 225 cm³/mol. The number of nitrogens with one attached hydrogen (secondary N) is 4. The molecule has 7 N–H and O–H groups in total. The molecule has 0 bridgehead atoms. The highest BCUT2D eigenvalue weighted by Gasteiger charge is 2.46. The van der Waals surface area contributed by atoms with Crippen LogP contribution in [0.25, 0.3) is 0 Å². The number of hydrogen-bond acceptors (Lipinski definition) is 12. The van der Waals surface area contributed by atoms with Crippen LogP contribution in [0.1, 0.15) is 110 Å². The zero-order chi connectivity index (χ0) is 45.2. The standard InChI is InChI=1S/C45H49N7O11/c1-51(43(60)29-16-14-27(23-35(29)54)34(53)24-31(46)41(58)49-32-17-15-26-9-5-6-10-28(26)32)22-21-48-37(55)13-4-2-3-7-20-47-39(57)25-63-36-12-8-11-30-40(36)45(62)52(44(30)61)33-18-19-38(56)50-42(33)59/h5-6,8-12,14,16,23-24,32-33,54H,2-4,7,13,15,17-22,25,46H2,1H3,(H,47,57)(H,48,55)(H,49,58)(H,50,56,59). The molecule has 0 saturated carbocycles. The first-order valence-electron chi connectivity index (χ1n) is 20.7. The highest BCUT2D eigenvalue weighted by molar-refractivity contribution is 6.24. The minimum Gasteiger partial charge on any atom is -0.507 e. The van der Waals surface area contributed by atoms with Gasteiger partial charge in [-0.3, -0.25) is 53.4 Å². The maximum Gasteiger partial charge on any atom is 0.267 e. The van der Waals surface area contributed by atoms with E-state index in [1.54, 1.807) is 0 Å². The number of phenolic OH excluding ortho intramolecular Hbond substituents is 1. The number of unbranched alkanes of at least 4 members (excludes halogenated alkanes) is 3. The topological polar surface area (TPSA) is 264 Å². The number of hydrogen-bond donors (Lipinski definition) is 6. The first kappa shape index (κ1) is 45.2. The van der Waals surface area contributed by atoms with Gasteiger partial charge < -0.3 is 36.4 Å². The lowest BCUT2D eigenvalue weighted by atomic mass is 10.0. The Morgan fingerprint density at radius 2 is 1.65 bits per heavy atom. The number of ether oxygens (including phenoxy) is 1. The van der Waals surface area contributed by atoms with Crippen LogP contribution in [-0.2, 0) is 30.4 Å². The van der Waals surface area contributed by atoms with E-state index in [4.69, 9.17) is 10.5 Å². The maximum absolute atomic E-state index is 13.2. The molecule has 8 amide bonds. The summed E-state index contributed by atoms with van der Waals surface area (Å²) in [5.41, 5.74) is 7.79. The van der Waals surface area contributed by atoms with Crippen molar-refractivity contribution >= 4 is 53.0 Å². The Bertz CT molecular complexity index is 2380. The summed E-state index contributed by atoms with van der Waals surface area (Å²) in [6.45, 7) is 0.242. The molecule has 330 valence electrons. The average molecular weight is 864 g/mol. The fourth-order valence-electron chi connectivity index (χ4n) is 7.65. The molecule has 1 saturated heterocycles. The molecule has 18 heteroatoms. The van der Waals surface area contributed by atoms with Crippen molar-refractivity contribution in [2.75, 3.05) is 33.3 Å². The number of rotatable bonds is 19. The molecule has 3 aromatic rings. The fraction of sp³-hybridized carbons (Fsp3) is 0.356. The maximum atomic E-state index is 13.2. The van der Waals surface area contributed by atoms with Gasteiger partial charge in [0.05, 0.1) is 22.7 Å². The number of aryl methyl sites for hydroxylation is 1. The van der Waals surface area contributed by atoms with Crippen molar-refractivity contribution in [3.05, 3.63) is 106 Å². The molecule has 1 fully saturated rings. The van der Waals surface area contributed by atoms with Crippen LogP contribution in [0.15, 0.2) is 72.4 Å². The number of aromatic hydroxyl groups is 1. The molecule has 6 rings (SSSR count). The SMILES string of the molecule is CN(CCNC(=O)CCCCCCNC(=O)COc1cccc2c1C(=O)N(C1CCC(=O)NC1=O)C2=O)C(=O)c1ccc(C(=O)C=C(N)C(=O)NC2CCc3ccccc32)cc1O. The van der Waals surface area contributed by atoms with Crippen LogP contribution in [0.2, 0.25) is 0 Å². The summed E-state index contributed by atoms with van der Waals surface area (Å²) < 4.78 is 5.60. The molecule has 0 aromatic heterocycles. The molecule has 1 aliphatic carbocycles. The second-order valence-corrected chi connectivity index (χ2v) is 15.5. The van der Waals surface area contributed by atoms with E-state index >= 15 is 0 Å². The summed E-state index contributed by atoms with van der Waals surface area (Å²) in [5.74, 6) is -5.40. The number of imide groups is 2. The number of likely N-dealkylation sites (N-methyl/N-ethyl adjacent to an activating group) is 1. The molecule has 63 heavy (non-hydrogen) atoms. The van der Waals surface area contributed by atoms with E-state index in [1.807, 2.05) is 24.3 Å². The molecule has 2 atom stereocenters. The van der Waals surface area contributed by atoms with Crippen LogP contribution in [0.5, 0.6) is 11.5 Å². The van der Waals surface area contributed by atoms with Gasteiger partial charge in [-0.25, -0.2) is 0 Å². The van der Waals surface area contributed by atoms with Crippen LogP contribution >= 0.6 is 0 Å². The van der Waals surface area contributed by atoms with Crippen LogP contribution in [-0.4, -0.2) is 107 Å². The number of carbonyl (C=O) groups is 9. The van der Waals surface area contributed by atoms with Crippen LogP contribution < -0.4 is 31.7 Å². The molecular formula is C45H49N7O11. The summed E-state index contributed by atoms with van der Waals surface area (Å²) in [4.78, 5) is 116. The minimum atomic E-state index is -1.12. The van der Waals surface area contributed by atoms with E-state index < -0.39 is 65.5 Å². The molecule has 2 heterocycles. The van der Waals surface area contributed by atoms with Gasteiger partial charge >= 0.3 is 0 Å². The second kappa shape index (κ2) is 20.5. The van der Waals surface area contributed by atoms with E-state index in [2.05, 4.69) is 21.3 Å². The van der Waals surface area contributed by atoms with Gasteiger partial charge in [0.15, 0.2) is 12.4 Å². The Morgan fingerprint density at radius 3 is 2.43 bits per heavy atom. The Labute approximate surface area is 362 Å². The number of nitrogens with two attached hydrogens (primary N) is 1. The fourth-order valence-corrected chi connectivity index (χ4v) is 7.65. The van der Waals surface area contributed by atoms with Crippen LogP contribution in [0, 0.1) is 0 Å². The van der Waals surface area contributed by atoms with E-state index in [1.165, 1.54) is 42.3 Å². The van der Waals surface area contributed by atoms with Gasteiger partial charge in [0.2, 0.25) is 17.7 Å². The van der Waals surface area contributed by atoms with Crippen molar-refractivity contribution in [3.8, 4) is 11.5 Å². The number of ketones is 1. The van der Waals surface area contributed by atoms with Gasteiger partial charge in [-0.1, -0.05) is 43.2 Å². The number of phenols is 1. The smallest absolute Gasteiger partial charge is 0.267 e. The normalized spacial score (nSPS) is 16.8. The lowest BCUT2D eigenvalue weighted by Crippen LogP contribution is -2.54. The van der Waals surface area contributed by atoms with Crippen molar-refractivity contribution in [2.45, 2.75) is 69.9 Å². The largest absolute Gasteiger partial charge is 0.507 e. The quantitative estimate of drug-likeness (QED) is 0.0438. The monoisotopic (exact) mass is 863 g/mol. The molecule has 0 spiro atoms. The van der Waals surface area contributed by atoms with Crippen LogP contribution in [0.3, 0.4) is 0 Å². The zero-order valence-electron chi connectivity index (χ0n) is 34.7. The van der Waals surface area contributed by atoms with Crippen molar-refractivity contribution < 1.29 is 53.0 Å². The average Bonchev–Trinajstić information content (AvgIpc) is 3.78. The van der Waals surface area contributed by atoms with Crippen molar-refractivity contribution in [1.82, 2.24) is 31.1 Å². The first-order chi connectivity index (χ1) is 30.2. The number of amides is 8. The Morgan fingerprint density at radius 1 is 0.889 bits per heavy atom. The molecule has 2 aliphatic heterocycles. The second-order valence-electron chi connectivity index (χ2n) is 15.5. The third-order valence-corrected chi connectivity index (χ3v) is 11.1. The highest BCUT2D eigenvalue weighted by atomic mass is 16.5. The van der Waals surface area contributed by atoms with E-state index in [0.29, 0.717) is 19.4 Å². The van der Waals surface area contributed by atoms with Gasteiger partial charge in [0, 0.05) is 51.2 Å². The molecule has 18 nitrogen and oxygen atoms in total. The Kier molecular flexibility index (Phi) is 14.7.